The fraction of sp³-hybridized carbons (Fsp3) is 0.250. The number of rotatable bonds is 6. The van der Waals surface area contributed by atoms with Crippen LogP contribution in [0.15, 0.2) is 48.8 Å². The van der Waals surface area contributed by atoms with E-state index in [1.165, 1.54) is 7.11 Å². The number of fused-ring (bicyclic) bond motifs is 1. The maximum absolute atomic E-state index is 14.1. The Morgan fingerprint density at radius 2 is 2.00 bits per heavy atom. The number of halogens is 1. The fourth-order valence-electron chi connectivity index (χ4n) is 4.27. The first kappa shape index (κ1) is 22.5. The molecule has 3 heterocycles. The van der Waals surface area contributed by atoms with E-state index < -0.39 is 16.4 Å². The molecule has 1 aliphatic heterocycles. The molecule has 0 saturated carbocycles. The number of morpholine rings is 1. The minimum atomic E-state index is -0.988. The molecule has 5 rings (SSSR count). The average molecular weight is 478 g/mol. The highest BCUT2D eigenvalue weighted by atomic mass is 19.1. The molecule has 2 aromatic heterocycles. The van der Waals surface area contributed by atoms with Gasteiger partial charge in [0.2, 0.25) is 11.8 Å². The van der Waals surface area contributed by atoms with Crippen LogP contribution < -0.4 is 15.0 Å². The normalized spacial score (nSPS) is 13.7. The number of nitro benzene ring substituents is 1. The number of hydrogen-bond acceptors (Lipinski definition) is 8. The average Bonchev–Trinajstić information content (AvgIpc) is 3.21. The molecular formula is C24H23FN6O4. The van der Waals surface area contributed by atoms with E-state index in [9.17, 15) is 14.5 Å². The summed E-state index contributed by atoms with van der Waals surface area (Å²) in [6.07, 6.45) is 3.74. The van der Waals surface area contributed by atoms with Crippen LogP contribution in [-0.4, -0.2) is 52.9 Å². The molecule has 1 saturated heterocycles. The molecule has 2 aromatic carbocycles. The van der Waals surface area contributed by atoms with E-state index >= 15 is 0 Å². The van der Waals surface area contributed by atoms with E-state index in [2.05, 4.69) is 15.2 Å². The van der Waals surface area contributed by atoms with Crippen molar-refractivity contribution in [1.29, 1.82) is 0 Å². The zero-order valence-corrected chi connectivity index (χ0v) is 19.2. The maximum Gasteiger partial charge on any atom is 0.307 e. The fourth-order valence-corrected chi connectivity index (χ4v) is 4.27. The highest BCUT2D eigenvalue weighted by Gasteiger charge is 2.23. The third-order valence-corrected chi connectivity index (χ3v) is 5.99. The summed E-state index contributed by atoms with van der Waals surface area (Å²) in [6, 6.07) is 10.1. The van der Waals surface area contributed by atoms with E-state index in [1.54, 1.807) is 6.20 Å². The van der Waals surface area contributed by atoms with Gasteiger partial charge in [-0.25, -0.2) is 9.97 Å². The molecule has 4 aromatic rings. The molecule has 0 atom stereocenters. The molecule has 0 amide bonds. The topological polar surface area (TPSA) is 108 Å². The van der Waals surface area contributed by atoms with E-state index in [1.807, 2.05) is 42.1 Å². The zero-order chi connectivity index (χ0) is 24.5. The number of nitrogens with zero attached hydrogens (tertiary/aromatic N) is 5. The minimum absolute atomic E-state index is 0.0978. The molecule has 1 fully saturated rings. The van der Waals surface area contributed by atoms with Crippen LogP contribution in [0.4, 0.5) is 27.4 Å². The number of methoxy groups -OCH3 is 1. The Morgan fingerprint density at radius 1 is 1.23 bits per heavy atom. The summed E-state index contributed by atoms with van der Waals surface area (Å²) in [6.45, 7) is 2.61. The second-order valence-electron chi connectivity index (χ2n) is 8.08. The van der Waals surface area contributed by atoms with Crippen LogP contribution in [0.2, 0.25) is 0 Å². The highest BCUT2D eigenvalue weighted by Crippen LogP contribution is 2.37. The number of nitro groups is 1. The molecule has 180 valence electrons. The number of ether oxygens (including phenoxy) is 2. The molecule has 11 heteroatoms. The van der Waals surface area contributed by atoms with Crippen LogP contribution in [0.1, 0.15) is 0 Å². The Bertz CT molecular complexity index is 1420. The van der Waals surface area contributed by atoms with Gasteiger partial charge in [0.25, 0.3) is 0 Å². The predicted octanol–water partition coefficient (Wildman–Crippen LogP) is 4.27. The minimum Gasteiger partial charge on any atom is -0.494 e. The number of anilines is 3. The lowest BCUT2D eigenvalue weighted by atomic mass is 10.1. The summed E-state index contributed by atoms with van der Waals surface area (Å²) in [5.74, 6) is -0.692. The van der Waals surface area contributed by atoms with Crippen molar-refractivity contribution in [3.63, 3.8) is 0 Å². The molecule has 0 bridgehead atoms. The van der Waals surface area contributed by atoms with Crippen molar-refractivity contribution in [2.75, 3.05) is 43.6 Å². The molecule has 0 spiro atoms. The lowest BCUT2D eigenvalue weighted by Crippen LogP contribution is -2.36. The SMILES string of the molecule is COc1cc(F)c([N+](=O)[O-])cc1Nc1ncc(N2CCOCC2)c(-c2cn(C)c3ccccc23)n1. The molecule has 0 unspecified atom stereocenters. The summed E-state index contributed by atoms with van der Waals surface area (Å²) in [5, 5.41) is 15.3. The smallest absolute Gasteiger partial charge is 0.307 e. The maximum atomic E-state index is 14.1. The predicted molar refractivity (Wildman–Crippen MR) is 130 cm³/mol. The van der Waals surface area contributed by atoms with Crippen molar-refractivity contribution in [2.45, 2.75) is 0 Å². The van der Waals surface area contributed by atoms with Gasteiger partial charge in [-0.1, -0.05) is 18.2 Å². The third-order valence-electron chi connectivity index (χ3n) is 5.99. The van der Waals surface area contributed by atoms with Crippen LogP contribution in [0.5, 0.6) is 5.75 Å². The van der Waals surface area contributed by atoms with Crippen LogP contribution in [0.25, 0.3) is 22.2 Å². The molecule has 35 heavy (non-hydrogen) atoms. The number of hydrogen-bond donors (Lipinski definition) is 1. The van der Waals surface area contributed by atoms with Gasteiger partial charge in [-0.2, -0.15) is 4.39 Å². The lowest BCUT2D eigenvalue weighted by Gasteiger charge is -2.30. The number of aromatic nitrogens is 3. The van der Waals surface area contributed by atoms with Crippen molar-refractivity contribution in [3.05, 3.63) is 64.7 Å². The molecule has 1 N–H and O–H groups in total. The Kier molecular flexibility index (Phi) is 5.91. The second-order valence-corrected chi connectivity index (χ2v) is 8.08. The Hall–Kier alpha value is -4.25. The van der Waals surface area contributed by atoms with Crippen LogP contribution in [0, 0.1) is 15.9 Å². The number of aryl methyl sites for hydroxylation is 1. The first-order chi connectivity index (χ1) is 17.0. The van der Waals surface area contributed by atoms with Gasteiger partial charge in [-0.15, -0.1) is 0 Å². The summed E-state index contributed by atoms with van der Waals surface area (Å²) >= 11 is 0. The van der Waals surface area contributed by atoms with E-state index in [-0.39, 0.29) is 17.4 Å². The van der Waals surface area contributed by atoms with Crippen LogP contribution in [0.3, 0.4) is 0 Å². The third kappa shape index (κ3) is 4.21. The largest absolute Gasteiger partial charge is 0.494 e. The van der Waals surface area contributed by atoms with Gasteiger partial charge in [0, 0.05) is 54.9 Å². The number of para-hydroxylation sites is 1. The van der Waals surface area contributed by atoms with Crippen molar-refractivity contribution in [2.24, 2.45) is 7.05 Å². The van der Waals surface area contributed by atoms with Gasteiger partial charge < -0.3 is 24.3 Å². The van der Waals surface area contributed by atoms with Gasteiger partial charge >= 0.3 is 5.69 Å². The standard InChI is InChI=1S/C24H23FN6O4/c1-29-14-16(15-5-3-4-6-19(15)29)23-21(30-7-9-35-10-8-30)13-26-24(28-23)27-18-12-20(31(32)33)17(25)11-22(18)34-2/h3-6,11-14H,7-10H2,1-2H3,(H,26,27,28). The molecular weight excluding hydrogens is 455 g/mol. The Morgan fingerprint density at radius 3 is 2.74 bits per heavy atom. The van der Waals surface area contributed by atoms with Crippen LogP contribution in [-0.2, 0) is 11.8 Å². The summed E-state index contributed by atoms with van der Waals surface area (Å²) < 4.78 is 26.9. The van der Waals surface area contributed by atoms with Crippen molar-refractivity contribution in [1.82, 2.24) is 14.5 Å². The molecule has 10 nitrogen and oxygen atoms in total. The quantitative estimate of drug-likeness (QED) is 0.323. The first-order valence-corrected chi connectivity index (χ1v) is 11.0. The first-order valence-electron chi connectivity index (χ1n) is 11.0. The van der Waals surface area contributed by atoms with Crippen molar-refractivity contribution < 1.29 is 18.8 Å². The summed E-state index contributed by atoms with van der Waals surface area (Å²) in [5.41, 5.74) is 3.05. The second kappa shape index (κ2) is 9.18. The monoisotopic (exact) mass is 478 g/mol. The van der Waals surface area contributed by atoms with Gasteiger partial charge in [0.1, 0.15) is 11.4 Å². The summed E-state index contributed by atoms with van der Waals surface area (Å²) in [4.78, 5) is 21.9. The van der Waals surface area contributed by atoms with Gasteiger partial charge in [0.05, 0.1) is 42.8 Å². The number of nitrogens with one attached hydrogen (secondary N) is 1. The van der Waals surface area contributed by atoms with E-state index in [0.29, 0.717) is 32.0 Å². The van der Waals surface area contributed by atoms with Crippen molar-refractivity contribution in [3.8, 4) is 17.0 Å². The molecule has 0 radical (unpaired) electrons. The van der Waals surface area contributed by atoms with E-state index in [4.69, 9.17) is 14.5 Å². The van der Waals surface area contributed by atoms with Crippen LogP contribution >= 0.6 is 0 Å². The van der Waals surface area contributed by atoms with Gasteiger partial charge in [-0.3, -0.25) is 10.1 Å². The molecule has 0 aliphatic carbocycles. The summed E-state index contributed by atoms with van der Waals surface area (Å²) in [7, 11) is 3.33. The lowest BCUT2D eigenvalue weighted by molar-refractivity contribution is -0.387. The highest BCUT2D eigenvalue weighted by molar-refractivity contribution is 5.98. The zero-order valence-electron chi connectivity index (χ0n) is 19.2. The number of benzene rings is 2. The Balaban J connectivity index is 1.63. The van der Waals surface area contributed by atoms with E-state index in [0.717, 1.165) is 34.3 Å². The van der Waals surface area contributed by atoms with Gasteiger partial charge in [-0.05, 0) is 6.07 Å². The Labute approximate surface area is 200 Å². The van der Waals surface area contributed by atoms with Crippen molar-refractivity contribution >= 4 is 33.9 Å². The molecule has 1 aliphatic rings. The van der Waals surface area contributed by atoms with Gasteiger partial charge in [0.15, 0.2) is 0 Å².